The zero-order valence-corrected chi connectivity index (χ0v) is 8.33. The number of guanidine groups is 1. The lowest BCUT2D eigenvalue weighted by atomic mass is 9.97. The minimum Gasteiger partial charge on any atom is -0.370 e. The Balaban J connectivity index is 4.26. The Bertz CT molecular complexity index is 188. The van der Waals surface area contributed by atoms with Gasteiger partial charge in [-0.25, -0.2) is 4.99 Å². The van der Waals surface area contributed by atoms with E-state index in [9.17, 15) is 0 Å². The van der Waals surface area contributed by atoms with E-state index >= 15 is 0 Å². The van der Waals surface area contributed by atoms with Gasteiger partial charge in [0.2, 0.25) is 0 Å². The third kappa shape index (κ3) is 4.77. The molecule has 0 heterocycles. The lowest BCUT2D eigenvalue weighted by molar-refractivity contribution is 0.501. The van der Waals surface area contributed by atoms with Gasteiger partial charge in [0.05, 0.1) is 0 Å². The summed E-state index contributed by atoms with van der Waals surface area (Å²) in [5, 5.41) is 0. The SMILES string of the molecule is C/C(=C\C(C)C(C)C)N=C(N)N. The molecule has 3 nitrogen and oxygen atoms in total. The Hall–Kier alpha value is -0.990. The second-order valence-corrected chi connectivity index (χ2v) is 3.45. The number of hydrogen-bond donors (Lipinski definition) is 2. The van der Waals surface area contributed by atoms with Crippen molar-refractivity contribution in [1.29, 1.82) is 0 Å². The minimum absolute atomic E-state index is 0.125. The molecule has 0 radical (unpaired) electrons. The van der Waals surface area contributed by atoms with Crippen LogP contribution in [0.4, 0.5) is 0 Å². The van der Waals surface area contributed by atoms with Crippen molar-refractivity contribution in [2.75, 3.05) is 0 Å². The van der Waals surface area contributed by atoms with Crippen LogP contribution in [0, 0.1) is 11.8 Å². The maximum absolute atomic E-state index is 5.23. The van der Waals surface area contributed by atoms with Gasteiger partial charge in [0, 0.05) is 5.70 Å². The summed E-state index contributed by atoms with van der Waals surface area (Å²) in [5.74, 6) is 1.25. The molecule has 0 saturated carbocycles. The Morgan fingerprint density at radius 2 is 1.75 bits per heavy atom. The van der Waals surface area contributed by atoms with Gasteiger partial charge in [0.15, 0.2) is 5.96 Å². The standard InChI is InChI=1S/C9H19N3/c1-6(2)7(3)5-8(4)12-9(10)11/h5-7H,1-4H3,(H4,10,11,12)/b8-5+. The van der Waals surface area contributed by atoms with Gasteiger partial charge in [-0.2, -0.15) is 0 Å². The van der Waals surface area contributed by atoms with Crippen molar-refractivity contribution >= 4 is 5.96 Å². The van der Waals surface area contributed by atoms with Crippen LogP contribution in [0.25, 0.3) is 0 Å². The first-order chi connectivity index (χ1) is 5.43. The molecule has 3 heteroatoms. The largest absolute Gasteiger partial charge is 0.370 e. The first-order valence-corrected chi connectivity index (χ1v) is 4.21. The Morgan fingerprint density at radius 1 is 1.25 bits per heavy atom. The quantitative estimate of drug-likeness (QED) is 0.496. The van der Waals surface area contributed by atoms with E-state index in [-0.39, 0.29) is 5.96 Å². The maximum Gasteiger partial charge on any atom is 0.190 e. The van der Waals surface area contributed by atoms with Crippen molar-refractivity contribution in [2.24, 2.45) is 28.3 Å². The van der Waals surface area contributed by atoms with Gasteiger partial charge in [-0.05, 0) is 18.8 Å². The first kappa shape index (κ1) is 11.0. The third-order valence-electron chi connectivity index (χ3n) is 1.86. The predicted octanol–water partition coefficient (Wildman–Crippen LogP) is 1.46. The molecule has 0 aromatic heterocycles. The number of nitrogens with zero attached hydrogens (tertiary/aromatic N) is 1. The van der Waals surface area contributed by atoms with E-state index in [1.165, 1.54) is 0 Å². The van der Waals surface area contributed by atoms with Crippen LogP contribution >= 0.6 is 0 Å². The lowest BCUT2D eigenvalue weighted by Gasteiger charge is -2.10. The molecular weight excluding hydrogens is 150 g/mol. The highest BCUT2D eigenvalue weighted by Gasteiger charge is 2.03. The van der Waals surface area contributed by atoms with E-state index in [1.807, 2.05) is 6.92 Å². The van der Waals surface area contributed by atoms with Crippen LogP contribution in [-0.2, 0) is 0 Å². The number of allylic oxidation sites excluding steroid dienone is 2. The molecule has 4 N–H and O–H groups in total. The minimum atomic E-state index is 0.125. The highest BCUT2D eigenvalue weighted by molar-refractivity contribution is 5.76. The Kier molecular flexibility index (Phi) is 4.40. The molecule has 0 spiro atoms. The summed E-state index contributed by atoms with van der Waals surface area (Å²) in [6.07, 6.45) is 2.07. The van der Waals surface area contributed by atoms with Crippen LogP contribution in [0.1, 0.15) is 27.7 Å². The summed E-state index contributed by atoms with van der Waals surface area (Å²) in [6, 6.07) is 0. The molecule has 0 aromatic carbocycles. The molecule has 1 atom stereocenters. The second kappa shape index (κ2) is 4.80. The summed E-state index contributed by atoms with van der Waals surface area (Å²) < 4.78 is 0. The van der Waals surface area contributed by atoms with Gasteiger partial charge in [0.25, 0.3) is 0 Å². The number of hydrogen-bond acceptors (Lipinski definition) is 1. The van der Waals surface area contributed by atoms with Crippen molar-refractivity contribution < 1.29 is 0 Å². The molecule has 0 aliphatic heterocycles. The van der Waals surface area contributed by atoms with Crippen molar-refractivity contribution in [3.8, 4) is 0 Å². The number of rotatable bonds is 3. The summed E-state index contributed by atoms with van der Waals surface area (Å²) in [5.41, 5.74) is 11.3. The van der Waals surface area contributed by atoms with E-state index in [2.05, 4.69) is 31.8 Å². The van der Waals surface area contributed by atoms with Gasteiger partial charge in [-0.15, -0.1) is 0 Å². The molecule has 0 fully saturated rings. The fraction of sp³-hybridized carbons (Fsp3) is 0.667. The monoisotopic (exact) mass is 169 g/mol. The summed E-state index contributed by atoms with van der Waals surface area (Å²) >= 11 is 0. The smallest absolute Gasteiger partial charge is 0.190 e. The van der Waals surface area contributed by atoms with Crippen LogP contribution in [0.15, 0.2) is 16.8 Å². The molecule has 0 rings (SSSR count). The average molecular weight is 169 g/mol. The first-order valence-electron chi connectivity index (χ1n) is 4.21. The topological polar surface area (TPSA) is 64.4 Å². The van der Waals surface area contributed by atoms with E-state index in [1.54, 1.807) is 0 Å². The summed E-state index contributed by atoms with van der Waals surface area (Å²) in [4.78, 5) is 3.93. The van der Waals surface area contributed by atoms with Crippen molar-refractivity contribution in [3.05, 3.63) is 11.8 Å². The predicted molar refractivity (Wildman–Crippen MR) is 53.6 cm³/mol. The third-order valence-corrected chi connectivity index (χ3v) is 1.86. The van der Waals surface area contributed by atoms with E-state index < -0.39 is 0 Å². The van der Waals surface area contributed by atoms with Crippen LogP contribution in [0.2, 0.25) is 0 Å². The molecule has 0 aliphatic rings. The molecule has 0 aromatic rings. The molecule has 70 valence electrons. The second-order valence-electron chi connectivity index (χ2n) is 3.45. The van der Waals surface area contributed by atoms with E-state index in [0.717, 1.165) is 5.70 Å². The van der Waals surface area contributed by atoms with Crippen LogP contribution in [-0.4, -0.2) is 5.96 Å². The van der Waals surface area contributed by atoms with Crippen molar-refractivity contribution in [1.82, 2.24) is 0 Å². The van der Waals surface area contributed by atoms with E-state index in [4.69, 9.17) is 11.5 Å². The van der Waals surface area contributed by atoms with Crippen LogP contribution < -0.4 is 11.5 Å². The van der Waals surface area contributed by atoms with Gasteiger partial charge < -0.3 is 11.5 Å². The average Bonchev–Trinajstić information content (AvgIpc) is 1.84. The molecule has 0 aliphatic carbocycles. The zero-order valence-electron chi connectivity index (χ0n) is 8.33. The lowest BCUT2D eigenvalue weighted by Crippen LogP contribution is -2.22. The number of nitrogens with two attached hydrogens (primary N) is 2. The number of aliphatic imine (C=N–C) groups is 1. The summed E-state index contributed by atoms with van der Waals surface area (Å²) in [7, 11) is 0. The van der Waals surface area contributed by atoms with Crippen molar-refractivity contribution in [2.45, 2.75) is 27.7 Å². The normalized spacial score (nSPS) is 14.6. The molecule has 0 saturated heterocycles. The fourth-order valence-corrected chi connectivity index (χ4v) is 0.814. The Morgan fingerprint density at radius 3 is 2.08 bits per heavy atom. The van der Waals surface area contributed by atoms with E-state index in [0.29, 0.717) is 11.8 Å². The van der Waals surface area contributed by atoms with Gasteiger partial charge in [-0.1, -0.05) is 26.8 Å². The fourth-order valence-electron chi connectivity index (χ4n) is 0.814. The van der Waals surface area contributed by atoms with Gasteiger partial charge in [0.1, 0.15) is 0 Å². The molecular formula is C9H19N3. The Labute approximate surface area is 74.5 Å². The van der Waals surface area contributed by atoms with Crippen LogP contribution in [0.5, 0.6) is 0 Å². The van der Waals surface area contributed by atoms with Crippen molar-refractivity contribution in [3.63, 3.8) is 0 Å². The van der Waals surface area contributed by atoms with Gasteiger partial charge >= 0.3 is 0 Å². The molecule has 1 unspecified atom stereocenters. The maximum atomic E-state index is 5.23. The molecule has 0 amide bonds. The highest BCUT2D eigenvalue weighted by atomic mass is 15.0. The van der Waals surface area contributed by atoms with Crippen LogP contribution in [0.3, 0.4) is 0 Å². The summed E-state index contributed by atoms with van der Waals surface area (Å²) in [6.45, 7) is 8.39. The molecule has 12 heavy (non-hydrogen) atoms. The molecule has 0 bridgehead atoms. The zero-order chi connectivity index (χ0) is 9.72. The highest BCUT2D eigenvalue weighted by Crippen LogP contribution is 2.13. The van der Waals surface area contributed by atoms with Gasteiger partial charge in [-0.3, -0.25) is 0 Å².